The Balaban J connectivity index is 3.08. The van der Waals surface area contributed by atoms with Crippen LogP contribution in [0.5, 0.6) is 0 Å². The molecule has 4 nitrogen and oxygen atoms in total. The molecule has 1 aromatic heterocycles. The lowest BCUT2D eigenvalue weighted by atomic mass is 10.1. The van der Waals surface area contributed by atoms with Gasteiger partial charge in [0.05, 0.1) is 5.56 Å². The molecule has 0 atom stereocenters. The molecular formula is C11H5N3O. The third kappa shape index (κ3) is 1.25. The molecule has 0 saturated carbocycles. The quantitative estimate of drug-likeness (QED) is 0.687. The molecule has 0 spiro atoms. The van der Waals surface area contributed by atoms with Crippen molar-refractivity contribution in [2.24, 2.45) is 0 Å². The van der Waals surface area contributed by atoms with Gasteiger partial charge >= 0.3 is 0 Å². The number of para-hydroxylation sites is 1. The topological polar surface area (TPSA) is 80.4 Å². The van der Waals surface area contributed by atoms with Gasteiger partial charge in [-0.1, -0.05) is 18.2 Å². The SMILES string of the molecule is N#Cc1c(C#N)c2ccccc2[nH]c1=O. The van der Waals surface area contributed by atoms with Crippen LogP contribution in [0.2, 0.25) is 0 Å². The summed E-state index contributed by atoms with van der Waals surface area (Å²) in [6.07, 6.45) is 0. The number of aromatic nitrogens is 1. The molecule has 2 rings (SSSR count). The zero-order chi connectivity index (χ0) is 10.8. The molecule has 2 aromatic rings. The third-order valence-electron chi connectivity index (χ3n) is 2.15. The van der Waals surface area contributed by atoms with E-state index >= 15 is 0 Å². The summed E-state index contributed by atoms with van der Waals surface area (Å²) in [6, 6.07) is 10.5. The van der Waals surface area contributed by atoms with E-state index in [4.69, 9.17) is 10.5 Å². The minimum atomic E-state index is -0.521. The van der Waals surface area contributed by atoms with Crippen LogP contribution in [0.4, 0.5) is 0 Å². The number of nitriles is 2. The van der Waals surface area contributed by atoms with E-state index in [0.717, 1.165) is 0 Å². The second kappa shape index (κ2) is 3.28. The number of H-pyrrole nitrogens is 1. The fourth-order valence-electron chi connectivity index (χ4n) is 1.47. The minimum Gasteiger partial charge on any atom is -0.321 e. The molecule has 0 bridgehead atoms. The number of benzene rings is 1. The van der Waals surface area contributed by atoms with Crippen molar-refractivity contribution in [3.05, 3.63) is 45.7 Å². The maximum Gasteiger partial charge on any atom is 0.267 e. The molecule has 0 radical (unpaired) electrons. The average molecular weight is 195 g/mol. The van der Waals surface area contributed by atoms with Gasteiger partial charge in [-0.15, -0.1) is 0 Å². The molecule has 0 fully saturated rings. The van der Waals surface area contributed by atoms with E-state index in [9.17, 15) is 4.79 Å². The Hall–Kier alpha value is -2.59. The summed E-state index contributed by atoms with van der Waals surface area (Å²) in [5.41, 5.74) is 0.0545. The number of hydrogen-bond acceptors (Lipinski definition) is 3. The fourth-order valence-corrected chi connectivity index (χ4v) is 1.47. The standard InChI is InChI=1S/C11H5N3O/c12-5-8-7-3-1-2-4-10(7)14-11(15)9(8)6-13/h1-4H,(H,14,15). The smallest absolute Gasteiger partial charge is 0.267 e. The maximum absolute atomic E-state index is 11.4. The number of fused-ring (bicyclic) bond motifs is 1. The first-order valence-corrected chi connectivity index (χ1v) is 4.23. The van der Waals surface area contributed by atoms with Gasteiger partial charge in [0, 0.05) is 10.9 Å². The summed E-state index contributed by atoms with van der Waals surface area (Å²) in [7, 11) is 0. The molecule has 1 N–H and O–H groups in total. The first-order valence-electron chi connectivity index (χ1n) is 4.23. The van der Waals surface area contributed by atoms with Gasteiger partial charge in [-0.2, -0.15) is 10.5 Å². The van der Waals surface area contributed by atoms with Crippen molar-refractivity contribution >= 4 is 10.9 Å². The number of pyridine rings is 1. The van der Waals surface area contributed by atoms with Crippen molar-refractivity contribution in [3.8, 4) is 12.1 Å². The highest BCUT2D eigenvalue weighted by Crippen LogP contribution is 2.16. The van der Waals surface area contributed by atoms with E-state index in [2.05, 4.69) is 4.98 Å². The average Bonchev–Trinajstić information content (AvgIpc) is 2.27. The van der Waals surface area contributed by atoms with Gasteiger partial charge in [0.25, 0.3) is 5.56 Å². The molecule has 0 aliphatic carbocycles. The van der Waals surface area contributed by atoms with Crippen LogP contribution < -0.4 is 5.56 Å². The van der Waals surface area contributed by atoms with Gasteiger partial charge in [-0.25, -0.2) is 0 Å². The Morgan fingerprint density at radius 2 is 1.73 bits per heavy atom. The normalized spacial score (nSPS) is 9.47. The predicted octanol–water partition coefficient (Wildman–Crippen LogP) is 1.27. The third-order valence-corrected chi connectivity index (χ3v) is 2.15. The number of hydrogen-bond donors (Lipinski definition) is 1. The molecule has 70 valence electrons. The molecule has 15 heavy (non-hydrogen) atoms. The highest BCUT2D eigenvalue weighted by atomic mass is 16.1. The molecule has 1 aromatic carbocycles. The summed E-state index contributed by atoms with van der Waals surface area (Å²) < 4.78 is 0. The van der Waals surface area contributed by atoms with Crippen LogP contribution in [0.1, 0.15) is 11.1 Å². The van der Waals surface area contributed by atoms with Crippen molar-refractivity contribution in [1.82, 2.24) is 4.98 Å². The van der Waals surface area contributed by atoms with Crippen LogP contribution in [0.3, 0.4) is 0 Å². The predicted molar refractivity (Wildman–Crippen MR) is 54.0 cm³/mol. The van der Waals surface area contributed by atoms with Gasteiger partial charge < -0.3 is 4.98 Å². The summed E-state index contributed by atoms with van der Waals surface area (Å²) in [5, 5.41) is 18.3. The Kier molecular flexibility index (Phi) is 1.97. The zero-order valence-corrected chi connectivity index (χ0v) is 7.61. The van der Waals surface area contributed by atoms with E-state index in [1.54, 1.807) is 30.3 Å². The Bertz CT molecular complexity index is 671. The highest BCUT2D eigenvalue weighted by Gasteiger charge is 2.10. The summed E-state index contributed by atoms with van der Waals surface area (Å²) in [4.78, 5) is 14.0. The van der Waals surface area contributed by atoms with Crippen molar-refractivity contribution in [1.29, 1.82) is 10.5 Å². The first kappa shape index (κ1) is 8.98. The highest BCUT2D eigenvalue weighted by molar-refractivity contribution is 5.86. The summed E-state index contributed by atoms with van der Waals surface area (Å²) in [5.74, 6) is 0. The van der Waals surface area contributed by atoms with E-state index in [0.29, 0.717) is 10.9 Å². The molecule has 0 saturated heterocycles. The summed E-state index contributed by atoms with van der Waals surface area (Å²) >= 11 is 0. The molecule has 0 aliphatic rings. The molecule has 0 amide bonds. The Morgan fingerprint density at radius 1 is 1.07 bits per heavy atom. The number of rotatable bonds is 0. The lowest BCUT2D eigenvalue weighted by molar-refractivity contribution is 1.26. The lowest BCUT2D eigenvalue weighted by Gasteiger charge is -2.00. The van der Waals surface area contributed by atoms with E-state index in [1.807, 2.05) is 6.07 Å². The lowest BCUT2D eigenvalue weighted by Crippen LogP contribution is -2.12. The number of nitrogens with zero attached hydrogens (tertiary/aromatic N) is 2. The second-order valence-electron chi connectivity index (χ2n) is 2.97. The van der Waals surface area contributed by atoms with Crippen LogP contribution in [-0.2, 0) is 0 Å². The molecular weight excluding hydrogens is 190 g/mol. The molecule has 4 heteroatoms. The van der Waals surface area contributed by atoms with Gasteiger partial charge in [-0.3, -0.25) is 4.79 Å². The van der Waals surface area contributed by atoms with Crippen LogP contribution in [0.15, 0.2) is 29.1 Å². The largest absolute Gasteiger partial charge is 0.321 e. The van der Waals surface area contributed by atoms with E-state index in [1.165, 1.54) is 0 Å². The van der Waals surface area contributed by atoms with Gasteiger partial charge in [0.2, 0.25) is 0 Å². The number of nitrogens with one attached hydrogen (secondary N) is 1. The molecule has 0 unspecified atom stereocenters. The van der Waals surface area contributed by atoms with Crippen molar-refractivity contribution < 1.29 is 0 Å². The Labute approximate surface area is 85.0 Å². The second-order valence-corrected chi connectivity index (χ2v) is 2.97. The van der Waals surface area contributed by atoms with Crippen LogP contribution in [0.25, 0.3) is 10.9 Å². The monoisotopic (exact) mass is 195 g/mol. The molecule has 0 aliphatic heterocycles. The van der Waals surface area contributed by atoms with E-state index in [-0.39, 0.29) is 11.1 Å². The van der Waals surface area contributed by atoms with Gasteiger partial charge in [0.15, 0.2) is 0 Å². The van der Waals surface area contributed by atoms with Crippen LogP contribution in [-0.4, -0.2) is 4.98 Å². The van der Waals surface area contributed by atoms with Crippen LogP contribution in [0, 0.1) is 22.7 Å². The fraction of sp³-hybridized carbons (Fsp3) is 0. The zero-order valence-electron chi connectivity index (χ0n) is 7.61. The van der Waals surface area contributed by atoms with Crippen molar-refractivity contribution in [2.45, 2.75) is 0 Å². The molecule has 1 heterocycles. The van der Waals surface area contributed by atoms with Gasteiger partial charge in [0.1, 0.15) is 17.7 Å². The van der Waals surface area contributed by atoms with Crippen LogP contribution >= 0.6 is 0 Å². The van der Waals surface area contributed by atoms with Crippen molar-refractivity contribution in [3.63, 3.8) is 0 Å². The number of aromatic amines is 1. The summed E-state index contributed by atoms with van der Waals surface area (Å²) in [6.45, 7) is 0. The van der Waals surface area contributed by atoms with Gasteiger partial charge in [-0.05, 0) is 6.07 Å². The van der Waals surface area contributed by atoms with E-state index < -0.39 is 5.56 Å². The Morgan fingerprint density at radius 3 is 2.40 bits per heavy atom. The minimum absolute atomic E-state index is 0.129. The van der Waals surface area contributed by atoms with Crippen molar-refractivity contribution in [2.75, 3.05) is 0 Å². The maximum atomic E-state index is 11.4. The first-order chi connectivity index (χ1) is 7.27.